The molecule has 0 rings (SSSR count). The Hall–Kier alpha value is -0.600. The average molecular weight is 92.1 g/mol. The molecule has 0 unspecified atom stereocenters. The summed E-state index contributed by atoms with van der Waals surface area (Å²) >= 11 is 0. The van der Waals surface area contributed by atoms with Gasteiger partial charge in [-0.3, -0.25) is 4.79 Å². The Morgan fingerprint density at radius 1 is 2.00 bits per heavy atom. The van der Waals surface area contributed by atoms with Crippen LogP contribution >= 0.6 is 0 Å². The molecular formula is C3H5FO2. The van der Waals surface area contributed by atoms with Gasteiger partial charge >= 0.3 is 5.97 Å². The van der Waals surface area contributed by atoms with Gasteiger partial charge in [0.1, 0.15) is 0 Å². The molecule has 36 valence electrons. The van der Waals surface area contributed by atoms with Crippen LogP contribution in [0.5, 0.6) is 0 Å². The van der Waals surface area contributed by atoms with Gasteiger partial charge in [-0.25, -0.2) is 4.39 Å². The minimum Gasteiger partial charge on any atom is -0.434 e. The summed E-state index contributed by atoms with van der Waals surface area (Å²) in [6, 6.07) is 0. The number of ether oxygens (including phenoxy) is 1. The van der Waals surface area contributed by atoms with Crippen LogP contribution in [0.2, 0.25) is 0 Å². The molecule has 0 aliphatic heterocycles. The summed E-state index contributed by atoms with van der Waals surface area (Å²) in [4.78, 5) is 9.58. The molecule has 0 atom stereocenters. The first-order chi connectivity index (χ1) is 2.77. The van der Waals surface area contributed by atoms with Gasteiger partial charge in [0.05, 0.1) is 0 Å². The maximum Gasteiger partial charge on any atom is 0.304 e. The van der Waals surface area contributed by atoms with Gasteiger partial charge in [0, 0.05) is 6.92 Å². The van der Waals surface area contributed by atoms with Gasteiger partial charge in [-0.15, -0.1) is 0 Å². The molecule has 2 nitrogen and oxygen atoms in total. The lowest BCUT2D eigenvalue weighted by atomic mass is 10.8. The first-order valence-electron chi connectivity index (χ1n) is 1.46. The lowest BCUT2D eigenvalue weighted by molar-refractivity contribution is -0.144. The summed E-state index contributed by atoms with van der Waals surface area (Å²) in [7, 11) is 0. The molecule has 0 fully saturated rings. The summed E-state index contributed by atoms with van der Waals surface area (Å²) in [5, 5.41) is 0. The van der Waals surface area contributed by atoms with E-state index in [4.69, 9.17) is 0 Å². The number of rotatable bonds is 1. The average Bonchev–Trinajstić information content (AvgIpc) is 1.35. The van der Waals surface area contributed by atoms with Crippen molar-refractivity contribution in [3.05, 3.63) is 0 Å². The topological polar surface area (TPSA) is 26.3 Å². The van der Waals surface area contributed by atoms with Crippen molar-refractivity contribution in [2.45, 2.75) is 6.92 Å². The monoisotopic (exact) mass is 92.0 g/mol. The van der Waals surface area contributed by atoms with E-state index in [2.05, 4.69) is 4.74 Å². The Bertz CT molecular complexity index is 52.8. The van der Waals surface area contributed by atoms with Gasteiger partial charge in [-0.05, 0) is 0 Å². The Morgan fingerprint density at radius 3 is 2.50 bits per heavy atom. The van der Waals surface area contributed by atoms with E-state index in [0.717, 1.165) is 6.92 Å². The van der Waals surface area contributed by atoms with E-state index in [9.17, 15) is 9.18 Å². The van der Waals surface area contributed by atoms with E-state index in [1.54, 1.807) is 0 Å². The van der Waals surface area contributed by atoms with E-state index < -0.39 is 12.8 Å². The van der Waals surface area contributed by atoms with Crippen molar-refractivity contribution in [2.24, 2.45) is 0 Å². The zero-order valence-corrected chi connectivity index (χ0v) is 3.40. The Morgan fingerprint density at radius 2 is 2.50 bits per heavy atom. The number of esters is 1. The van der Waals surface area contributed by atoms with E-state index >= 15 is 0 Å². The largest absolute Gasteiger partial charge is 0.434 e. The van der Waals surface area contributed by atoms with Crippen molar-refractivity contribution in [3.63, 3.8) is 0 Å². The first kappa shape index (κ1) is 5.40. The quantitative estimate of drug-likeness (QED) is 0.439. The standard InChI is InChI=1S/C3H5FO2/c1-3(5)6-2-4/h2H2,1H3. The van der Waals surface area contributed by atoms with Crippen molar-refractivity contribution >= 4 is 5.97 Å². The Balaban J connectivity index is 2.83. The van der Waals surface area contributed by atoms with Crippen LogP contribution in [-0.4, -0.2) is 12.8 Å². The summed E-state index contributed by atoms with van der Waals surface area (Å²) in [5.41, 5.74) is 0. The second-order valence-corrected chi connectivity index (χ2v) is 0.745. The fraction of sp³-hybridized carbons (Fsp3) is 0.667. The molecule has 3 heteroatoms. The van der Waals surface area contributed by atoms with Crippen molar-refractivity contribution in [1.29, 1.82) is 0 Å². The number of hydrogen-bond donors (Lipinski definition) is 0. The van der Waals surface area contributed by atoms with Gasteiger partial charge in [-0.2, -0.15) is 0 Å². The Labute approximate surface area is 34.9 Å². The number of alkyl halides is 1. The molecule has 0 amide bonds. The molecule has 0 saturated carbocycles. The number of carbonyl (C=O) groups excluding carboxylic acids is 1. The molecule has 0 saturated heterocycles. The van der Waals surface area contributed by atoms with Crippen molar-refractivity contribution in [1.82, 2.24) is 0 Å². The first-order valence-corrected chi connectivity index (χ1v) is 1.46. The highest BCUT2D eigenvalue weighted by molar-refractivity contribution is 5.65. The van der Waals surface area contributed by atoms with Crippen LogP contribution in [0.4, 0.5) is 4.39 Å². The third-order valence-electron chi connectivity index (χ3n) is 0.258. The predicted octanol–water partition coefficient (Wildman–Crippen LogP) is 0.477. The fourth-order valence-electron chi connectivity index (χ4n) is 0.0768. The van der Waals surface area contributed by atoms with Crippen LogP contribution in [0.1, 0.15) is 6.92 Å². The highest BCUT2D eigenvalue weighted by Crippen LogP contribution is 1.72. The van der Waals surface area contributed by atoms with E-state index in [1.807, 2.05) is 0 Å². The molecule has 0 aliphatic rings. The van der Waals surface area contributed by atoms with E-state index in [-0.39, 0.29) is 0 Å². The van der Waals surface area contributed by atoms with Gasteiger partial charge in [-0.1, -0.05) is 0 Å². The van der Waals surface area contributed by atoms with Gasteiger partial charge in [0.25, 0.3) is 0 Å². The molecule has 0 heterocycles. The van der Waals surface area contributed by atoms with Crippen LogP contribution in [0, 0.1) is 0 Å². The maximum atomic E-state index is 10.8. The number of carbonyl (C=O) groups is 1. The molecule has 0 aromatic heterocycles. The van der Waals surface area contributed by atoms with Crippen LogP contribution in [0.3, 0.4) is 0 Å². The van der Waals surface area contributed by atoms with Crippen LogP contribution in [0.25, 0.3) is 0 Å². The van der Waals surface area contributed by atoms with Crippen molar-refractivity contribution < 1.29 is 13.9 Å². The normalized spacial score (nSPS) is 7.67. The second kappa shape index (κ2) is 2.63. The zero-order valence-electron chi connectivity index (χ0n) is 3.40. The molecule has 0 radical (unpaired) electrons. The predicted molar refractivity (Wildman–Crippen MR) is 17.7 cm³/mol. The van der Waals surface area contributed by atoms with Gasteiger partial charge in [0.15, 0.2) is 0 Å². The highest BCUT2D eigenvalue weighted by Gasteiger charge is 1.83. The van der Waals surface area contributed by atoms with Crippen LogP contribution < -0.4 is 0 Å². The minimum atomic E-state index is -1.02. The van der Waals surface area contributed by atoms with Gasteiger partial charge in [0.2, 0.25) is 6.86 Å². The molecule has 0 aromatic rings. The molecule has 0 aromatic carbocycles. The molecule has 0 bridgehead atoms. The van der Waals surface area contributed by atoms with Gasteiger partial charge < -0.3 is 4.74 Å². The third kappa shape index (κ3) is 3.40. The molecule has 0 N–H and O–H groups in total. The van der Waals surface area contributed by atoms with E-state index in [1.165, 1.54) is 0 Å². The van der Waals surface area contributed by atoms with Crippen LogP contribution in [-0.2, 0) is 9.53 Å². The minimum absolute atomic E-state index is 0.586. The molecular weight excluding hydrogens is 87.0 g/mol. The smallest absolute Gasteiger partial charge is 0.304 e. The lowest BCUT2D eigenvalue weighted by Gasteiger charge is -1.86. The summed E-state index contributed by atoms with van der Waals surface area (Å²) in [5.74, 6) is -0.586. The zero-order chi connectivity index (χ0) is 4.99. The molecule has 6 heavy (non-hydrogen) atoms. The molecule has 0 spiro atoms. The van der Waals surface area contributed by atoms with Crippen LogP contribution in [0.15, 0.2) is 0 Å². The van der Waals surface area contributed by atoms with E-state index in [0.29, 0.717) is 0 Å². The molecule has 0 aliphatic carbocycles. The fourth-order valence-corrected chi connectivity index (χ4v) is 0.0768. The van der Waals surface area contributed by atoms with Crippen molar-refractivity contribution in [2.75, 3.05) is 6.86 Å². The highest BCUT2D eigenvalue weighted by atomic mass is 19.1. The Kier molecular flexibility index (Phi) is 2.36. The summed E-state index contributed by atoms with van der Waals surface area (Å²) < 4.78 is 14.5. The lowest BCUT2D eigenvalue weighted by Crippen LogP contribution is -1.94. The SMILES string of the molecule is CC(=O)OCF. The summed E-state index contributed by atoms with van der Waals surface area (Å²) in [6.07, 6.45) is 0. The maximum absolute atomic E-state index is 10.8. The number of halogens is 1. The third-order valence-corrected chi connectivity index (χ3v) is 0.258. The van der Waals surface area contributed by atoms with Crippen molar-refractivity contribution in [3.8, 4) is 0 Å². The summed E-state index contributed by atoms with van der Waals surface area (Å²) in [6.45, 7) is 0.134. The number of hydrogen-bond acceptors (Lipinski definition) is 2. The second-order valence-electron chi connectivity index (χ2n) is 0.745.